The summed E-state index contributed by atoms with van der Waals surface area (Å²) in [6, 6.07) is 0.659. The summed E-state index contributed by atoms with van der Waals surface area (Å²) in [5.74, 6) is 0. The zero-order valence-electron chi connectivity index (χ0n) is 10.1. The average molecular weight is 201 g/mol. The minimum absolute atomic E-state index is 0.659. The molecule has 0 bridgehead atoms. The fourth-order valence-electron chi connectivity index (χ4n) is 1.56. The van der Waals surface area contributed by atoms with Crippen molar-refractivity contribution in [3.05, 3.63) is 0 Å². The number of hydrogen-bond donors (Lipinski definition) is 1. The van der Waals surface area contributed by atoms with Crippen LogP contribution in [-0.2, 0) is 4.74 Å². The lowest BCUT2D eigenvalue weighted by molar-refractivity contribution is 0.120. The second-order valence-electron chi connectivity index (χ2n) is 3.80. The summed E-state index contributed by atoms with van der Waals surface area (Å²) >= 11 is 0. The standard InChI is InChI=1S/C12H27NO/c1-4-7-10-14-11-9-12(8-5-2)13-6-3/h12-13H,4-11H2,1-3H3. The van der Waals surface area contributed by atoms with Gasteiger partial charge in [0, 0.05) is 19.3 Å². The van der Waals surface area contributed by atoms with E-state index in [9.17, 15) is 0 Å². The summed E-state index contributed by atoms with van der Waals surface area (Å²) < 4.78 is 5.56. The van der Waals surface area contributed by atoms with Gasteiger partial charge in [-0.2, -0.15) is 0 Å². The molecule has 0 radical (unpaired) electrons. The van der Waals surface area contributed by atoms with Crippen LogP contribution < -0.4 is 5.32 Å². The maximum atomic E-state index is 5.56. The molecule has 0 fully saturated rings. The molecular weight excluding hydrogens is 174 g/mol. The molecule has 0 spiro atoms. The first-order chi connectivity index (χ1) is 6.85. The Morgan fingerprint density at radius 1 is 1.00 bits per heavy atom. The summed E-state index contributed by atoms with van der Waals surface area (Å²) in [5.41, 5.74) is 0. The van der Waals surface area contributed by atoms with Gasteiger partial charge in [0.2, 0.25) is 0 Å². The predicted octanol–water partition coefficient (Wildman–Crippen LogP) is 2.97. The molecule has 14 heavy (non-hydrogen) atoms. The van der Waals surface area contributed by atoms with E-state index in [1.54, 1.807) is 0 Å². The van der Waals surface area contributed by atoms with Crippen LogP contribution in [0.2, 0.25) is 0 Å². The van der Waals surface area contributed by atoms with Gasteiger partial charge in [-0.1, -0.05) is 33.6 Å². The minimum Gasteiger partial charge on any atom is -0.381 e. The molecule has 0 aliphatic rings. The monoisotopic (exact) mass is 201 g/mol. The van der Waals surface area contributed by atoms with Crippen molar-refractivity contribution in [3.63, 3.8) is 0 Å². The van der Waals surface area contributed by atoms with Gasteiger partial charge in [0.25, 0.3) is 0 Å². The zero-order chi connectivity index (χ0) is 10.6. The molecule has 0 saturated heterocycles. The fraction of sp³-hybridized carbons (Fsp3) is 1.00. The SMILES string of the molecule is CCCCOCCC(CCC)NCC. The third kappa shape index (κ3) is 8.52. The van der Waals surface area contributed by atoms with Crippen molar-refractivity contribution in [3.8, 4) is 0 Å². The summed E-state index contributed by atoms with van der Waals surface area (Å²) in [6.07, 6.45) is 6.11. The molecule has 0 amide bonds. The molecule has 0 aromatic heterocycles. The smallest absolute Gasteiger partial charge is 0.0480 e. The highest BCUT2D eigenvalue weighted by atomic mass is 16.5. The van der Waals surface area contributed by atoms with Crippen LogP contribution >= 0.6 is 0 Å². The molecule has 0 aliphatic carbocycles. The lowest BCUT2D eigenvalue weighted by Crippen LogP contribution is -2.29. The molecule has 86 valence electrons. The van der Waals surface area contributed by atoms with Crippen LogP contribution in [0.15, 0.2) is 0 Å². The van der Waals surface area contributed by atoms with E-state index >= 15 is 0 Å². The first kappa shape index (κ1) is 13.9. The van der Waals surface area contributed by atoms with E-state index < -0.39 is 0 Å². The number of unbranched alkanes of at least 4 members (excludes halogenated alkanes) is 1. The van der Waals surface area contributed by atoms with Gasteiger partial charge in [0.1, 0.15) is 0 Å². The molecule has 0 rings (SSSR count). The third-order valence-corrected chi connectivity index (χ3v) is 2.38. The van der Waals surface area contributed by atoms with Gasteiger partial charge in [-0.25, -0.2) is 0 Å². The first-order valence-electron chi connectivity index (χ1n) is 6.16. The second-order valence-corrected chi connectivity index (χ2v) is 3.80. The quantitative estimate of drug-likeness (QED) is 0.549. The fourth-order valence-corrected chi connectivity index (χ4v) is 1.56. The van der Waals surface area contributed by atoms with Crippen molar-refractivity contribution in [1.29, 1.82) is 0 Å². The van der Waals surface area contributed by atoms with E-state index in [-0.39, 0.29) is 0 Å². The Balaban J connectivity index is 3.30. The van der Waals surface area contributed by atoms with Crippen LogP contribution in [0.3, 0.4) is 0 Å². The molecule has 0 aliphatic heterocycles. The summed E-state index contributed by atoms with van der Waals surface area (Å²) in [5, 5.41) is 3.49. The van der Waals surface area contributed by atoms with Crippen LogP contribution in [-0.4, -0.2) is 25.8 Å². The molecule has 0 aromatic rings. The summed E-state index contributed by atoms with van der Waals surface area (Å²) in [6.45, 7) is 9.52. The van der Waals surface area contributed by atoms with E-state index in [0.717, 1.165) is 26.2 Å². The summed E-state index contributed by atoms with van der Waals surface area (Å²) in [4.78, 5) is 0. The average Bonchev–Trinajstić information content (AvgIpc) is 2.18. The van der Waals surface area contributed by atoms with E-state index in [0.29, 0.717) is 6.04 Å². The van der Waals surface area contributed by atoms with Crippen LogP contribution in [0.1, 0.15) is 52.9 Å². The zero-order valence-corrected chi connectivity index (χ0v) is 10.1. The van der Waals surface area contributed by atoms with Crippen molar-refractivity contribution < 1.29 is 4.74 Å². The lowest BCUT2D eigenvalue weighted by Gasteiger charge is -2.16. The molecule has 1 N–H and O–H groups in total. The Morgan fingerprint density at radius 2 is 1.79 bits per heavy atom. The predicted molar refractivity (Wildman–Crippen MR) is 62.7 cm³/mol. The number of ether oxygens (including phenoxy) is 1. The van der Waals surface area contributed by atoms with E-state index in [4.69, 9.17) is 4.74 Å². The first-order valence-corrected chi connectivity index (χ1v) is 6.16. The van der Waals surface area contributed by atoms with E-state index in [2.05, 4.69) is 26.1 Å². The van der Waals surface area contributed by atoms with Crippen molar-refractivity contribution >= 4 is 0 Å². The maximum absolute atomic E-state index is 5.56. The number of rotatable bonds is 10. The van der Waals surface area contributed by atoms with Crippen LogP contribution in [0.4, 0.5) is 0 Å². The maximum Gasteiger partial charge on any atom is 0.0480 e. The summed E-state index contributed by atoms with van der Waals surface area (Å²) in [7, 11) is 0. The Morgan fingerprint density at radius 3 is 2.36 bits per heavy atom. The number of hydrogen-bond acceptors (Lipinski definition) is 2. The highest BCUT2D eigenvalue weighted by Crippen LogP contribution is 2.02. The molecule has 2 nitrogen and oxygen atoms in total. The second kappa shape index (κ2) is 11.0. The molecule has 0 saturated carbocycles. The largest absolute Gasteiger partial charge is 0.381 e. The third-order valence-electron chi connectivity index (χ3n) is 2.38. The van der Waals surface area contributed by atoms with Gasteiger partial charge in [-0.05, 0) is 25.8 Å². The Kier molecular flexibility index (Phi) is 10.9. The van der Waals surface area contributed by atoms with Gasteiger partial charge >= 0.3 is 0 Å². The Hall–Kier alpha value is -0.0800. The lowest BCUT2D eigenvalue weighted by atomic mass is 10.1. The van der Waals surface area contributed by atoms with Crippen molar-refractivity contribution in [1.82, 2.24) is 5.32 Å². The van der Waals surface area contributed by atoms with E-state index in [1.807, 2.05) is 0 Å². The van der Waals surface area contributed by atoms with Crippen LogP contribution in [0.5, 0.6) is 0 Å². The topological polar surface area (TPSA) is 21.3 Å². The highest BCUT2D eigenvalue weighted by molar-refractivity contribution is 4.64. The van der Waals surface area contributed by atoms with Crippen molar-refractivity contribution in [2.45, 2.75) is 58.9 Å². The van der Waals surface area contributed by atoms with Crippen LogP contribution in [0, 0.1) is 0 Å². The van der Waals surface area contributed by atoms with E-state index in [1.165, 1.54) is 25.7 Å². The van der Waals surface area contributed by atoms with Gasteiger partial charge < -0.3 is 10.1 Å². The van der Waals surface area contributed by atoms with Gasteiger partial charge in [-0.3, -0.25) is 0 Å². The molecule has 0 heterocycles. The molecule has 1 unspecified atom stereocenters. The van der Waals surface area contributed by atoms with Crippen molar-refractivity contribution in [2.24, 2.45) is 0 Å². The Bertz CT molecular complexity index is 100. The Labute approximate surface area is 89.4 Å². The van der Waals surface area contributed by atoms with Gasteiger partial charge in [0.05, 0.1) is 0 Å². The molecular formula is C12H27NO. The van der Waals surface area contributed by atoms with Crippen LogP contribution in [0.25, 0.3) is 0 Å². The van der Waals surface area contributed by atoms with Gasteiger partial charge in [0.15, 0.2) is 0 Å². The molecule has 0 aromatic carbocycles. The molecule has 2 heteroatoms. The minimum atomic E-state index is 0.659. The number of nitrogens with one attached hydrogen (secondary N) is 1. The highest BCUT2D eigenvalue weighted by Gasteiger charge is 2.04. The molecule has 1 atom stereocenters. The van der Waals surface area contributed by atoms with Crippen molar-refractivity contribution in [2.75, 3.05) is 19.8 Å². The normalized spacial score (nSPS) is 13.1. The van der Waals surface area contributed by atoms with Gasteiger partial charge in [-0.15, -0.1) is 0 Å².